The predicted octanol–water partition coefficient (Wildman–Crippen LogP) is 9.90. The van der Waals surface area contributed by atoms with Gasteiger partial charge >= 0.3 is 0 Å². The molecule has 7 nitrogen and oxygen atoms in total. The quantitative estimate of drug-likeness (QED) is 0.124. The van der Waals surface area contributed by atoms with Gasteiger partial charge in [-0.3, -0.25) is 4.79 Å². The van der Waals surface area contributed by atoms with Gasteiger partial charge in [0.25, 0.3) is 0 Å². The lowest BCUT2D eigenvalue weighted by atomic mass is 9.63. The van der Waals surface area contributed by atoms with Crippen LogP contribution in [0.2, 0.25) is 0 Å². The van der Waals surface area contributed by atoms with Gasteiger partial charge < -0.3 is 25.3 Å². The van der Waals surface area contributed by atoms with Gasteiger partial charge in [-0.15, -0.1) is 0 Å². The van der Waals surface area contributed by atoms with Gasteiger partial charge in [-0.25, -0.2) is 0 Å². The van der Waals surface area contributed by atoms with Gasteiger partial charge in [0.05, 0.1) is 39.0 Å². The Labute approximate surface area is 349 Å². The zero-order chi connectivity index (χ0) is 42.3. The molecule has 7 heteroatoms. The second kappa shape index (κ2) is 11.2. The van der Waals surface area contributed by atoms with Crippen LogP contribution >= 0.6 is 0 Å². The summed E-state index contributed by atoms with van der Waals surface area (Å²) in [5.41, 5.74) is 9.04. The molecular weight excluding hydrogens is 745 g/mol. The van der Waals surface area contributed by atoms with Crippen molar-refractivity contribution in [3.63, 3.8) is 0 Å². The van der Waals surface area contributed by atoms with E-state index in [0.29, 0.717) is 38.9 Å². The monoisotopic (exact) mass is 791 g/mol. The molecule has 0 unspecified atom stereocenters. The predicted molar refractivity (Wildman–Crippen MR) is 236 cm³/mol. The Hall–Kier alpha value is -6.60. The fraction of sp³-hybridized carbons (Fsp3) is 0.245. The molecule has 0 atom stereocenters. The Morgan fingerprint density at radius 3 is 1.30 bits per heavy atom. The van der Waals surface area contributed by atoms with Gasteiger partial charge in [-0.05, 0) is 35.8 Å². The third kappa shape index (κ3) is 3.97. The molecule has 0 fully saturated rings. The van der Waals surface area contributed by atoms with Gasteiger partial charge in [0.2, 0.25) is 16.7 Å². The molecule has 1 aliphatic carbocycles. The summed E-state index contributed by atoms with van der Waals surface area (Å²) < 4.78 is 2.15. The maximum atomic E-state index is 15.2. The second-order valence-corrected chi connectivity index (χ2v) is 19.3. The molecule has 0 radical (unpaired) electrons. The molecule has 4 heterocycles. The number of carbonyl (C=O) groups excluding carboxylic acids is 1. The van der Waals surface area contributed by atoms with Gasteiger partial charge in [-0.2, -0.15) is 4.58 Å². The molecule has 6 aromatic rings. The van der Waals surface area contributed by atoms with Crippen LogP contribution in [0.15, 0.2) is 103 Å². The lowest BCUT2D eigenvalue weighted by Gasteiger charge is -2.50. The number of ketones is 1. The van der Waals surface area contributed by atoms with Crippen molar-refractivity contribution in [2.75, 3.05) is 4.90 Å². The summed E-state index contributed by atoms with van der Waals surface area (Å²) in [7, 11) is 0. The fourth-order valence-electron chi connectivity index (χ4n) is 11.9. The zero-order valence-corrected chi connectivity index (χ0v) is 35.3. The van der Waals surface area contributed by atoms with E-state index in [2.05, 4.69) is 113 Å². The first-order valence-corrected chi connectivity index (χ1v) is 20.7. The average molecular weight is 792 g/mol. The maximum absolute atomic E-state index is 15.2. The highest BCUT2D eigenvalue weighted by atomic mass is 16.3. The Morgan fingerprint density at radius 1 is 0.483 bits per heavy atom. The standard InChI is InChI=1S/C53H46N2O5/c1-26-35(37-46(57)39-43-40(47(37)58)51(4,5)28-19-11-15-23-32(28)54(43)31-22-14-10-18-27(31)50(39,2)3)45(56)36(26)38-48(59)41-44-42(49(38)60)53(8,9)30-21-13-17-25-34(30)55(44)33-24-16-12-20-29(33)52(41,6)7/h10-25H,1-9H3,(H3,57,58,59,60)/p+1. The van der Waals surface area contributed by atoms with Crippen molar-refractivity contribution in [3.8, 4) is 23.0 Å². The number of allylic oxidation sites excluding steroid dienone is 2. The van der Waals surface area contributed by atoms with E-state index in [1.807, 2.05) is 48.5 Å². The summed E-state index contributed by atoms with van der Waals surface area (Å²) in [5, 5.41) is 51.6. The van der Waals surface area contributed by atoms with E-state index in [1.165, 1.54) is 0 Å². The number of anilines is 3. The van der Waals surface area contributed by atoms with E-state index in [-0.39, 0.29) is 44.9 Å². The molecular formula is C53H47N2O5+. The van der Waals surface area contributed by atoms with E-state index in [1.54, 1.807) is 6.92 Å². The van der Waals surface area contributed by atoms with Crippen LogP contribution < -0.4 is 20.1 Å². The topological polar surface area (TPSA) is 104 Å². The summed E-state index contributed by atoms with van der Waals surface area (Å²) in [6, 6.07) is 32.6. The molecule has 5 aliphatic rings. The van der Waals surface area contributed by atoms with E-state index >= 15 is 4.79 Å². The number of Topliss-reactive ketones (excluding diaryl/α,β-unsaturated/α-hetero) is 1. The molecule has 4 N–H and O–H groups in total. The highest BCUT2D eigenvalue weighted by molar-refractivity contribution is 6.53. The molecule has 0 bridgehead atoms. The molecule has 298 valence electrons. The van der Waals surface area contributed by atoms with Crippen molar-refractivity contribution in [1.29, 1.82) is 0 Å². The number of phenols is 4. The van der Waals surface area contributed by atoms with Crippen LogP contribution in [-0.4, -0.2) is 26.2 Å². The summed E-state index contributed by atoms with van der Waals surface area (Å²) in [4.78, 5) is 17.3. The van der Waals surface area contributed by atoms with Crippen LogP contribution in [0.3, 0.4) is 0 Å². The lowest BCUT2D eigenvalue weighted by molar-refractivity contribution is -0.109. The summed E-state index contributed by atoms with van der Waals surface area (Å²) in [6.45, 7) is 18.4. The van der Waals surface area contributed by atoms with Crippen molar-refractivity contribution in [2.24, 2.45) is 0 Å². The number of nitrogens with zero attached hydrogens (tertiary/aromatic N) is 2. The van der Waals surface area contributed by atoms with E-state index < -0.39 is 27.4 Å². The third-order valence-corrected chi connectivity index (χ3v) is 14.8. The minimum atomic E-state index is -0.729. The van der Waals surface area contributed by atoms with Crippen LogP contribution in [0, 0.1) is 0 Å². The molecule has 0 saturated carbocycles. The van der Waals surface area contributed by atoms with Gasteiger partial charge in [0, 0.05) is 67.2 Å². The summed E-state index contributed by atoms with van der Waals surface area (Å²) in [5.74, 6) is -1.11. The largest absolute Gasteiger partial charge is 0.507 e. The molecule has 0 amide bonds. The van der Waals surface area contributed by atoms with Crippen molar-refractivity contribution in [2.45, 2.75) is 84.0 Å². The Bertz CT molecular complexity index is 3050. The van der Waals surface area contributed by atoms with Gasteiger partial charge in [0.1, 0.15) is 23.0 Å². The Kier molecular flexibility index (Phi) is 6.78. The molecule has 0 saturated heterocycles. The summed E-state index contributed by atoms with van der Waals surface area (Å²) in [6.07, 6.45) is 0. The van der Waals surface area contributed by atoms with E-state index in [9.17, 15) is 20.4 Å². The number of aromatic hydroxyl groups is 4. The Morgan fingerprint density at radius 2 is 0.867 bits per heavy atom. The van der Waals surface area contributed by atoms with Crippen molar-refractivity contribution < 1.29 is 25.2 Å². The number of benzene rings is 6. The first kappa shape index (κ1) is 36.5. The summed E-state index contributed by atoms with van der Waals surface area (Å²) >= 11 is 0. The van der Waals surface area contributed by atoms with E-state index in [0.717, 1.165) is 45.0 Å². The van der Waals surface area contributed by atoms with Crippen molar-refractivity contribution in [3.05, 3.63) is 163 Å². The number of hydrogen-bond acceptors (Lipinski definition) is 6. The molecule has 0 spiro atoms. The first-order valence-electron chi connectivity index (χ1n) is 20.7. The molecule has 11 rings (SSSR count). The van der Waals surface area contributed by atoms with Crippen LogP contribution in [0.25, 0.3) is 11.1 Å². The van der Waals surface area contributed by atoms with Gasteiger partial charge in [0.15, 0.2) is 5.78 Å². The highest BCUT2D eigenvalue weighted by Crippen LogP contribution is 2.66. The zero-order valence-electron chi connectivity index (χ0n) is 35.3. The highest BCUT2D eigenvalue weighted by Gasteiger charge is 2.53. The number of carbonyl (C=O) groups is 1. The second-order valence-electron chi connectivity index (χ2n) is 19.3. The minimum Gasteiger partial charge on any atom is -0.507 e. The van der Waals surface area contributed by atoms with Crippen molar-refractivity contribution in [1.82, 2.24) is 4.58 Å². The molecule has 6 aromatic carbocycles. The maximum Gasteiger partial charge on any atom is 0.227 e. The SMILES string of the molecule is CC1=C(c2c(O)c3c4c(c2O)C(C)(C)c2ccccc2N4c2ccccc2C3(C)C)C(=O)C1=c1c(O)c2c3c(c1O)C(C)(C)c1ccccc1[N+]=3c1ccccc1C2(C)C. The smallest absolute Gasteiger partial charge is 0.227 e. The Balaban J connectivity index is 1.25. The number of para-hydroxylation sites is 4. The molecule has 4 aliphatic heterocycles. The van der Waals surface area contributed by atoms with Crippen LogP contribution in [-0.2, 0) is 26.5 Å². The van der Waals surface area contributed by atoms with Crippen LogP contribution in [0.5, 0.6) is 23.0 Å². The van der Waals surface area contributed by atoms with E-state index in [4.69, 9.17) is 0 Å². The number of fused-ring (bicyclic) bond motifs is 8. The number of phenolic OH excluding ortho intramolecular Hbond substituents is 4. The average Bonchev–Trinajstić information content (AvgIpc) is 3.20. The number of rotatable bonds is 1. The number of hydrogen-bond donors (Lipinski definition) is 4. The minimum absolute atomic E-state index is 0.0721. The van der Waals surface area contributed by atoms with Crippen molar-refractivity contribution >= 4 is 45.4 Å². The van der Waals surface area contributed by atoms with Crippen LogP contribution in [0.4, 0.5) is 28.4 Å². The third-order valence-electron chi connectivity index (χ3n) is 14.8. The lowest BCUT2D eigenvalue weighted by Crippen LogP contribution is -2.49. The first-order chi connectivity index (χ1) is 28.4. The van der Waals surface area contributed by atoms with Gasteiger partial charge in [-0.1, -0.05) is 128 Å². The van der Waals surface area contributed by atoms with Crippen LogP contribution in [0.1, 0.15) is 112 Å². The molecule has 60 heavy (non-hydrogen) atoms. The normalized spacial score (nSPS) is 18.8. The fourth-order valence-corrected chi connectivity index (χ4v) is 11.9. The molecule has 0 aromatic heterocycles.